The number of methoxy groups -OCH3 is 2. The average molecular weight is 1440 g/mol. The summed E-state index contributed by atoms with van der Waals surface area (Å²) in [4.78, 5) is 111. The Labute approximate surface area is 603 Å². The van der Waals surface area contributed by atoms with E-state index in [1.54, 1.807) is 67.6 Å². The molecule has 2 heterocycles. The normalized spacial score (nSPS) is 23.9. The van der Waals surface area contributed by atoms with Gasteiger partial charge in [-0.3, -0.25) is 43.7 Å². The molecule has 0 spiro atoms. The Morgan fingerprint density at radius 2 is 1.46 bits per heavy atom. The number of hydrogen-bond donors (Lipinski definition) is 12. The van der Waals surface area contributed by atoms with Crippen LogP contribution >= 0.6 is 11.6 Å². The summed E-state index contributed by atoms with van der Waals surface area (Å²) in [6.45, 7) is 4.81. The maximum atomic E-state index is 15.1. The van der Waals surface area contributed by atoms with Crippen LogP contribution in [-0.2, 0) is 60.7 Å². The summed E-state index contributed by atoms with van der Waals surface area (Å²) in [7, 11) is 2.82. The van der Waals surface area contributed by atoms with Crippen LogP contribution in [0.4, 0.5) is 0 Å². The number of carbonyl (C=O) groups is 8. The minimum Gasteiger partial charge on any atom is -0.508 e. The first-order valence-electron chi connectivity index (χ1n) is 35.3. The molecule has 103 heavy (non-hydrogen) atoms. The Kier molecular flexibility index (Phi) is 26.0. The van der Waals surface area contributed by atoms with Crippen LogP contribution in [0.25, 0.3) is 11.1 Å². The Hall–Kier alpha value is -9.05. The monoisotopic (exact) mass is 1440 g/mol. The first-order chi connectivity index (χ1) is 49.3. The van der Waals surface area contributed by atoms with E-state index >= 15 is 4.79 Å². The summed E-state index contributed by atoms with van der Waals surface area (Å²) in [6, 6.07) is 16.1. The van der Waals surface area contributed by atoms with Crippen molar-refractivity contribution in [2.75, 3.05) is 47.2 Å². The van der Waals surface area contributed by atoms with Crippen LogP contribution in [-0.4, -0.2) is 145 Å². The number of aryl methyl sites for hydroxylation is 1. The molecule has 8 unspecified atom stereocenters. The quantitative estimate of drug-likeness (QED) is 0.0224. The number of aliphatic hydroxyl groups is 2. The largest absolute Gasteiger partial charge is 0.508 e. The predicted octanol–water partition coefficient (Wildman–Crippen LogP) is 7.01. The molecule has 5 aliphatic carbocycles. The highest BCUT2D eigenvalue weighted by atomic mass is 35.5. The number of fused-ring (bicyclic) bond motifs is 9. The first kappa shape index (κ1) is 76.6. The number of hydrogen-bond acceptors (Lipinski definition) is 19. The Balaban J connectivity index is 0.972. The summed E-state index contributed by atoms with van der Waals surface area (Å²) in [5.74, 6) is -4.93. The molecule has 0 radical (unpaired) electrons. The zero-order valence-corrected chi connectivity index (χ0v) is 59.4. The van der Waals surface area contributed by atoms with Gasteiger partial charge in [0, 0.05) is 68.7 Å². The van der Waals surface area contributed by atoms with E-state index in [1.807, 2.05) is 13.8 Å². The highest BCUT2D eigenvalue weighted by Crippen LogP contribution is 2.54. The number of nitrogens with two attached hydrogens (primary N) is 2. The lowest BCUT2D eigenvalue weighted by atomic mass is 9.54. The standard InChI is InChI=1S/C76H95ClN8O18/c1-39(2)6-16-65(91)83-70-40(3)46-10-12-52(13-11-46)101-62-30-47(58(36-78)81-74(95)57(80-75(70)96)35-67(93)82-68(94)38-100-19-18-98-4)31-63(73(62)102-53-26-45(37-86)25-50(87)32-53)103-60-15-8-41(28-56(60)77)9-17-66(92)84-72(76(97)85-71-48-21-43-20-44(23-48)24-49(71)22-43)55-33-51(88)34-61(99-5)69(55)54-27-42(29-64(79)90)7-14-59(54)89/h7-8,10-15,27-28,30-31,33-34,39-40,43-45,48-50,53,57-58,70-72,86-89H,6,9,16-26,29,32,35-38,78H2,1-5H3,(H2,79,90)(H,80,96)(H,81,95)(H,83,91)(H,84,92)(H,85,97)(H,82,93,94). The summed E-state index contributed by atoms with van der Waals surface area (Å²) in [5, 5.41) is 61.1. The van der Waals surface area contributed by atoms with Gasteiger partial charge in [0.2, 0.25) is 47.1 Å². The minimum absolute atomic E-state index is 0.0156. The predicted molar refractivity (Wildman–Crippen MR) is 379 cm³/mol. The molecule has 8 bridgehead atoms. The van der Waals surface area contributed by atoms with E-state index in [1.165, 1.54) is 44.9 Å². The molecule has 8 atom stereocenters. The van der Waals surface area contributed by atoms with E-state index < -0.39 is 103 Å². The van der Waals surface area contributed by atoms with Crippen LogP contribution in [0.3, 0.4) is 0 Å². The van der Waals surface area contributed by atoms with Crippen molar-refractivity contribution in [2.24, 2.45) is 47.0 Å². The Morgan fingerprint density at radius 3 is 2.13 bits per heavy atom. The fourth-order valence-corrected chi connectivity index (χ4v) is 15.5. The van der Waals surface area contributed by atoms with Crippen LogP contribution < -0.4 is 62.3 Å². The highest BCUT2D eigenvalue weighted by molar-refractivity contribution is 6.32. The number of phenolic OH excluding ortho intramolecular Hbond substituents is 2. The molecule has 12 rings (SSSR count). The van der Waals surface area contributed by atoms with Gasteiger partial charge in [0.25, 0.3) is 5.91 Å². The summed E-state index contributed by atoms with van der Waals surface area (Å²) in [6.07, 6.45) is 3.95. The Morgan fingerprint density at radius 1 is 0.738 bits per heavy atom. The lowest BCUT2D eigenvalue weighted by Crippen LogP contribution is -2.57. The second-order valence-electron chi connectivity index (χ2n) is 28.5. The van der Waals surface area contributed by atoms with E-state index in [9.17, 15) is 54.0 Å². The topological polar surface area (TPSA) is 397 Å². The van der Waals surface area contributed by atoms with Gasteiger partial charge in [-0.2, -0.15) is 0 Å². The summed E-state index contributed by atoms with van der Waals surface area (Å²) < 4.78 is 36.3. The number of imide groups is 1. The van der Waals surface area contributed by atoms with Crippen molar-refractivity contribution in [1.82, 2.24) is 31.9 Å². The van der Waals surface area contributed by atoms with E-state index in [0.29, 0.717) is 47.8 Å². The molecule has 7 aliphatic rings. The molecule has 5 aromatic carbocycles. The van der Waals surface area contributed by atoms with Crippen LogP contribution in [0, 0.1) is 35.5 Å². The summed E-state index contributed by atoms with van der Waals surface area (Å²) >= 11 is 7.18. The first-order valence-corrected chi connectivity index (χ1v) is 35.7. The SMILES string of the molecule is COCCOCC(=O)NC(=O)CC1NC(=O)C(NC(=O)CCC(C)C)C(C)c2ccc(cc2)Oc2cc(cc(Oc3ccc(CCC(=O)NC(C(=O)NC4C5CC6CC(C5)CC4C6)c4cc(O)cc(OC)c4-c4cc(CC(N)=O)ccc4O)cc3Cl)c2OC2CC(O)CC(CO)C2)C(CN)NC1=O. The van der Waals surface area contributed by atoms with E-state index in [2.05, 4.69) is 31.9 Å². The van der Waals surface area contributed by atoms with E-state index in [0.717, 1.165) is 25.7 Å². The molecule has 5 fully saturated rings. The minimum atomic E-state index is -1.68. The van der Waals surface area contributed by atoms with Gasteiger partial charge in [-0.05, 0) is 176 Å². The van der Waals surface area contributed by atoms with Crippen LogP contribution in [0.2, 0.25) is 5.02 Å². The van der Waals surface area contributed by atoms with Crippen molar-refractivity contribution in [2.45, 2.75) is 159 Å². The molecule has 27 heteroatoms. The number of ether oxygens (including phenoxy) is 6. The lowest BCUT2D eigenvalue weighted by molar-refractivity contribution is -0.137. The second-order valence-corrected chi connectivity index (χ2v) is 28.9. The molecule has 5 saturated carbocycles. The van der Waals surface area contributed by atoms with Crippen molar-refractivity contribution in [3.63, 3.8) is 0 Å². The second kappa shape index (κ2) is 35.0. The number of primary amides is 1. The van der Waals surface area contributed by atoms with Gasteiger partial charge < -0.3 is 86.9 Å². The number of halogens is 1. The molecule has 0 saturated heterocycles. The van der Waals surface area contributed by atoms with Gasteiger partial charge in [0.15, 0.2) is 11.5 Å². The zero-order chi connectivity index (χ0) is 73.8. The van der Waals surface area contributed by atoms with Gasteiger partial charge in [-0.15, -0.1) is 0 Å². The molecule has 26 nitrogen and oxygen atoms in total. The van der Waals surface area contributed by atoms with Gasteiger partial charge in [-0.25, -0.2) is 0 Å². The average Bonchev–Trinajstić information content (AvgIpc) is 0.749. The third-order valence-corrected chi connectivity index (χ3v) is 20.5. The fraction of sp³-hybridized carbons (Fsp3) is 0.500. The molecule has 8 amide bonds. The van der Waals surface area contributed by atoms with Crippen molar-refractivity contribution in [3.8, 4) is 57.1 Å². The van der Waals surface area contributed by atoms with Gasteiger partial charge in [0.05, 0.1) is 50.3 Å². The number of nitrogens with one attached hydrogen (secondary N) is 6. The van der Waals surface area contributed by atoms with Gasteiger partial charge >= 0.3 is 0 Å². The van der Waals surface area contributed by atoms with Gasteiger partial charge in [0.1, 0.15) is 59.6 Å². The van der Waals surface area contributed by atoms with Crippen molar-refractivity contribution >= 4 is 58.9 Å². The van der Waals surface area contributed by atoms with Crippen molar-refractivity contribution in [3.05, 3.63) is 118 Å². The molecular weight excluding hydrogens is 1350 g/mol. The molecule has 14 N–H and O–H groups in total. The third kappa shape index (κ3) is 19.8. The maximum Gasteiger partial charge on any atom is 0.252 e. The van der Waals surface area contributed by atoms with Crippen LogP contribution in [0.1, 0.15) is 144 Å². The number of benzene rings is 5. The number of amides is 8. The fourth-order valence-electron chi connectivity index (χ4n) is 15.3. The molecule has 554 valence electrons. The van der Waals surface area contributed by atoms with E-state index in [4.69, 9.17) is 51.5 Å². The summed E-state index contributed by atoms with van der Waals surface area (Å²) in [5.41, 5.74) is 14.4. The number of phenols is 2. The van der Waals surface area contributed by atoms with Crippen molar-refractivity contribution < 1.29 is 87.2 Å². The Bertz CT molecular complexity index is 3880. The molecule has 0 aromatic heterocycles. The lowest BCUT2D eigenvalue weighted by Gasteiger charge is -2.54. The van der Waals surface area contributed by atoms with Crippen LogP contribution in [0.15, 0.2) is 84.9 Å². The number of rotatable bonds is 28. The molecule has 5 aromatic rings. The van der Waals surface area contributed by atoms with Gasteiger partial charge in [-0.1, -0.05) is 56.6 Å². The van der Waals surface area contributed by atoms with E-state index in [-0.39, 0.29) is 161 Å². The smallest absolute Gasteiger partial charge is 0.252 e. The molecule has 2 aliphatic heterocycles. The van der Waals surface area contributed by atoms with Crippen molar-refractivity contribution in [1.29, 1.82) is 0 Å². The maximum absolute atomic E-state index is 15.1. The number of carbonyl (C=O) groups excluding carboxylic acids is 8. The highest BCUT2D eigenvalue weighted by Gasteiger charge is 2.49. The van der Waals surface area contributed by atoms with Crippen LogP contribution in [0.5, 0.6) is 46.0 Å². The third-order valence-electron chi connectivity index (χ3n) is 20.2. The zero-order valence-electron chi connectivity index (χ0n) is 58.6. The number of aliphatic hydroxyl groups excluding tert-OH is 2. The number of aromatic hydroxyl groups is 2. The molecular formula is C76H95ClN8O18.